The summed E-state index contributed by atoms with van der Waals surface area (Å²) in [5.41, 5.74) is 5.27. The molecule has 0 fully saturated rings. The molecule has 1 heteroatoms. The maximum Gasteiger partial charge on any atom is 0.163 e. The van der Waals surface area contributed by atoms with Crippen LogP contribution in [0.2, 0.25) is 0 Å². The van der Waals surface area contributed by atoms with Gasteiger partial charge < -0.3 is 0 Å². The first kappa shape index (κ1) is 14.3. The Labute approximate surface area is 117 Å². The summed E-state index contributed by atoms with van der Waals surface area (Å²) < 4.78 is 0. The van der Waals surface area contributed by atoms with Crippen molar-refractivity contribution in [2.45, 2.75) is 71.6 Å². The second kappa shape index (κ2) is 6.88. The fourth-order valence-corrected chi connectivity index (χ4v) is 2.98. The molecule has 0 radical (unpaired) electrons. The Morgan fingerprint density at radius 2 is 1.58 bits per heavy atom. The van der Waals surface area contributed by atoms with Crippen molar-refractivity contribution >= 4 is 5.78 Å². The highest BCUT2D eigenvalue weighted by Crippen LogP contribution is 2.27. The van der Waals surface area contributed by atoms with Gasteiger partial charge in [0.2, 0.25) is 0 Å². The molecule has 0 saturated heterocycles. The zero-order valence-electron chi connectivity index (χ0n) is 12.4. The SMILES string of the molecule is CCCCc1cc2c(cc1CCCC)C(=O)CCC2. The third-order valence-corrected chi connectivity index (χ3v) is 4.18. The quantitative estimate of drug-likeness (QED) is 0.710. The minimum atomic E-state index is 0.362. The lowest BCUT2D eigenvalue weighted by atomic mass is 9.85. The minimum absolute atomic E-state index is 0.362. The Bertz CT molecular complexity index is 445. The second-order valence-electron chi connectivity index (χ2n) is 5.76. The number of ketones is 1. The fourth-order valence-electron chi connectivity index (χ4n) is 2.98. The molecule has 0 spiro atoms. The number of unbranched alkanes of at least 4 members (excludes halogenated alkanes) is 2. The number of benzene rings is 1. The van der Waals surface area contributed by atoms with Crippen LogP contribution in [0, 0.1) is 0 Å². The number of Topliss-reactive ketones (excluding diaryl/α,β-unsaturated/α-hetero) is 1. The maximum absolute atomic E-state index is 12.0. The Morgan fingerprint density at radius 1 is 0.947 bits per heavy atom. The van der Waals surface area contributed by atoms with Gasteiger partial charge in [-0.1, -0.05) is 32.8 Å². The summed E-state index contributed by atoms with van der Waals surface area (Å²) in [6.45, 7) is 4.48. The van der Waals surface area contributed by atoms with Crippen LogP contribution < -0.4 is 0 Å². The molecule has 1 aliphatic carbocycles. The van der Waals surface area contributed by atoms with E-state index in [0.717, 1.165) is 31.2 Å². The summed E-state index contributed by atoms with van der Waals surface area (Å²) in [6.07, 6.45) is 10.1. The normalized spacial score (nSPS) is 14.5. The average Bonchev–Trinajstić information content (AvgIpc) is 2.43. The summed E-state index contributed by atoms with van der Waals surface area (Å²) in [6, 6.07) is 4.56. The standard InChI is InChI=1S/C18H26O/c1-3-5-8-14-12-16-10-7-11-18(19)17(16)13-15(14)9-6-4-2/h12-13H,3-11H2,1-2H3. The van der Waals surface area contributed by atoms with E-state index >= 15 is 0 Å². The highest BCUT2D eigenvalue weighted by atomic mass is 16.1. The van der Waals surface area contributed by atoms with E-state index in [4.69, 9.17) is 0 Å². The van der Waals surface area contributed by atoms with Crippen LogP contribution in [-0.4, -0.2) is 5.78 Å². The van der Waals surface area contributed by atoms with Crippen molar-refractivity contribution in [3.8, 4) is 0 Å². The predicted molar refractivity (Wildman–Crippen MR) is 80.9 cm³/mol. The van der Waals surface area contributed by atoms with Gasteiger partial charge >= 0.3 is 0 Å². The molecule has 1 nitrogen and oxygen atoms in total. The number of carbonyl (C=O) groups is 1. The largest absolute Gasteiger partial charge is 0.294 e. The Hall–Kier alpha value is -1.11. The van der Waals surface area contributed by atoms with Crippen LogP contribution in [0.3, 0.4) is 0 Å². The van der Waals surface area contributed by atoms with E-state index in [1.807, 2.05) is 0 Å². The van der Waals surface area contributed by atoms with Crippen LogP contribution in [0.5, 0.6) is 0 Å². The molecule has 1 aliphatic rings. The van der Waals surface area contributed by atoms with Crippen molar-refractivity contribution in [3.63, 3.8) is 0 Å². The van der Waals surface area contributed by atoms with Gasteiger partial charge in [0.25, 0.3) is 0 Å². The lowest BCUT2D eigenvalue weighted by Gasteiger charge is -2.19. The summed E-state index contributed by atoms with van der Waals surface area (Å²) >= 11 is 0. The van der Waals surface area contributed by atoms with Crippen molar-refractivity contribution in [2.75, 3.05) is 0 Å². The number of rotatable bonds is 6. The Balaban J connectivity index is 2.31. The first-order valence-corrected chi connectivity index (χ1v) is 7.94. The zero-order chi connectivity index (χ0) is 13.7. The molecule has 19 heavy (non-hydrogen) atoms. The first-order chi connectivity index (χ1) is 9.26. The van der Waals surface area contributed by atoms with Gasteiger partial charge in [-0.3, -0.25) is 4.79 Å². The number of carbonyl (C=O) groups excluding carboxylic acids is 1. The average molecular weight is 258 g/mol. The maximum atomic E-state index is 12.0. The molecule has 0 unspecified atom stereocenters. The smallest absolute Gasteiger partial charge is 0.163 e. The summed E-state index contributed by atoms with van der Waals surface area (Å²) in [7, 11) is 0. The third kappa shape index (κ3) is 3.46. The van der Waals surface area contributed by atoms with Gasteiger partial charge in [0.1, 0.15) is 0 Å². The molecule has 0 aromatic heterocycles. The Morgan fingerprint density at radius 3 is 2.21 bits per heavy atom. The summed E-state index contributed by atoms with van der Waals surface area (Å²) in [5.74, 6) is 0.362. The molecule has 0 bridgehead atoms. The zero-order valence-corrected chi connectivity index (χ0v) is 12.4. The van der Waals surface area contributed by atoms with Crippen molar-refractivity contribution in [1.82, 2.24) is 0 Å². The van der Waals surface area contributed by atoms with Crippen LogP contribution in [0.25, 0.3) is 0 Å². The van der Waals surface area contributed by atoms with Gasteiger partial charge in [-0.2, -0.15) is 0 Å². The van der Waals surface area contributed by atoms with E-state index < -0.39 is 0 Å². The molecule has 0 saturated carbocycles. The molecule has 0 N–H and O–H groups in total. The topological polar surface area (TPSA) is 17.1 Å². The van der Waals surface area contributed by atoms with Crippen LogP contribution >= 0.6 is 0 Å². The van der Waals surface area contributed by atoms with E-state index in [2.05, 4.69) is 26.0 Å². The predicted octanol–water partition coefficient (Wildman–Crippen LogP) is 4.89. The lowest BCUT2D eigenvalue weighted by Crippen LogP contribution is -2.13. The van der Waals surface area contributed by atoms with E-state index in [-0.39, 0.29) is 0 Å². The van der Waals surface area contributed by atoms with Gasteiger partial charge in [0.15, 0.2) is 5.78 Å². The highest BCUT2D eigenvalue weighted by Gasteiger charge is 2.19. The molecular weight excluding hydrogens is 232 g/mol. The van der Waals surface area contributed by atoms with Crippen LogP contribution in [0.4, 0.5) is 0 Å². The third-order valence-electron chi connectivity index (χ3n) is 4.18. The molecular formula is C18H26O. The second-order valence-corrected chi connectivity index (χ2v) is 5.76. The molecule has 1 aromatic rings. The van der Waals surface area contributed by atoms with Crippen LogP contribution in [-0.2, 0) is 19.3 Å². The monoisotopic (exact) mass is 258 g/mol. The van der Waals surface area contributed by atoms with Gasteiger partial charge in [-0.05, 0) is 61.3 Å². The van der Waals surface area contributed by atoms with Crippen molar-refractivity contribution in [3.05, 3.63) is 34.4 Å². The molecule has 104 valence electrons. The van der Waals surface area contributed by atoms with Crippen molar-refractivity contribution < 1.29 is 4.79 Å². The molecule has 2 rings (SSSR count). The van der Waals surface area contributed by atoms with E-state index in [1.165, 1.54) is 48.8 Å². The fraction of sp³-hybridized carbons (Fsp3) is 0.611. The molecule has 0 heterocycles. The Kier molecular flexibility index (Phi) is 5.18. The van der Waals surface area contributed by atoms with Gasteiger partial charge in [0.05, 0.1) is 0 Å². The van der Waals surface area contributed by atoms with Gasteiger partial charge in [-0.25, -0.2) is 0 Å². The number of hydrogen-bond donors (Lipinski definition) is 0. The first-order valence-electron chi connectivity index (χ1n) is 7.94. The van der Waals surface area contributed by atoms with Crippen molar-refractivity contribution in [1.29, 1.82) is 0 Å². The summed E-state index contributed by atoms with van der Waals surface area (Å²) in [4.78, 5) is 12.0. The number of aryl methyl sites for hydroxylation is 3. The molecule has 0 amide bonds. The molecule has 0 aliphatic heterocycles. The number of hydrogen-bond acceptors (Lipinski definition) is 1. The van der Waals surface area contributed by atoms with Crippen LogP contribution in [0.1, 0.15) is 79.4 Å². The van der Waals surface area contributed by atoms with Gasteiger partial charge in [-0.15, -0.1) is 0 Å². The van der Waals surface area contributed by atoms with Gasteiger partial charge in [0, 0.05) is 12.0 Å². The summed E-state index contributed by atoms with van der Waals surface area (Å²) in [5, 5.41) is 0. The van der Waals surface area contributed by atoms with Crippen LogP contribution in [0.15, 0.2) is 12.1 Å². The molecule has 0 atom stereocenters. The van der Waals surface area contributed by atoms with E-state index in [1.54, 1.807) is 0 Å². The minimum Gasteiger partial charge on any atom is -0.294 e. The highest BCUT2D eigenvalue weighted by molar-refractivity contribution is 5.98. The lowest BCUT2D eigenvalue weighted by molar-refractivity contribution is 0.0972. The molecule has 1 aromatic carbocycles. The van der Waals surface area contributed by atoms with Crippen molar-refractivity contribution in [2.24, 2.45) is 0 Å². The van der Waals surface area contributed by atoms with E-state index in [0.29, 0.717) is 5.78 Å². The number of fused-ring (bicyclic) bond motifs is 1. The van der Waals surface area contributed by atoms with E-state index in [9.17, 15) is 4.79 Å².